The first-order valence-corrected chi connectivity index (χ1v) is 26.9. The Bertz CT molecular complexity index is 1210. The number of rotatable bonds is 48. The van der Waals surface area contributed by atoms with Crippen molar-refractivity contribution in [3.63, 3.8) is 0 Å². The number of ether oxygens (including phenoxy) is 3. The molecule has 6 heteroatoms. The summed E-state index contributed by atoms with van der Waals surface area (Å²) in [6.45, 7) is 6.54. The Morgan fingerprint density at radius 1 is 0.312 bits per heavy atom. The third-order valence-electron chi connectivity index (χ3n) is 11.4. The summed E-state index contributed by atoms with van der Waals surface area (Å²) in [6.07, 6.45) is 66.0. The lowest BCUT2D eigenvalue weighted by Gasteiger charge is -2.18. The van der Waals surface area contributed by atoms with Crippen LogP contribution in [-0.2, 0) is 28.6 Å². The van der Waals surface area contributed by atoms with E-state index in [1.165, 1.54) is 116 Å². The first-order chi connectivity index (χ1) is 31.5. The van der Waals surface area contributed by atoms with Crippen LogP contribution in [0.3, 0.4) is 0 Å². The van der Waals surface area contributed by atoms with Gasteiger partial charge in [0.25, 0.3) is 0 Å². The molecule has 0 spiro atoms. The Balaban J connectivity index is 4.33. The van der Waals surface area contributed by atoms with Gasteiger partial charge in [0, 0.05) is 19.3 Å². The van der Waals surface area contributed by atoms with Crippen LogP contribution >= 0.6 is 0 Å². The van der Waals surface area contributed by atoms with Gasteiger partial charge in [0.15, 0.2) is 6.10 Å². The minimum Gasteiger partial charge on any atom is -0.462 e. The van der Waals surface area contributed by atoms with Gasteiger partial charge in [-0.1, -0.05) is 216 Å². The number of esters is 3. The molecule has 6 nitrogen and oxygen atoms in total. The summed E-state index contributed by atoms with van der Waals surface area (Å²) in [5.74, 6) is -0.911. The Labute approximate surface area is 395 Å². The Kier molecular flexibility index (Phi) is 49.9. The summed E-state index contributed by atoms with van der Waals surface area (Å²) in [5, 5.41) is 0. The fourth-order valence-electron chi connectivity index (χ4n) is 7.34. The predicted octanol–water partition coefficient (Wildman–Crippen LogP) is 17.8. The standard InChI is InChI=1S/C58H100O6/c1-4-7-10-13-16-19-21-23-25-27-29-31-33-35-37-39-42-45-48-51-57(60)63-54-55(53-62-56(59)50-47-44-41-18-15-12-9-6-3)64-58(61)52-49-46-43-40-38-36-34-32-30-28-26-24-22-20-17-14-11-8-5-2/h16-17,19-20,23-26,29-32,55H,4-15,18,21-22,27-28,33-54H2,1-3H3/b19-16-,20-17-,25-23-,26-24-,31-29-,32-30-. The average Bonchev–Trinajstić information content (AvgIpc) is 3.29. The molecular formula is C58H100O6. The van der Waals surface area contributed by atoms with E-state index in [2.05, 4.69) is 93.7 Å². The van der Waals surface area contributed by atoms with Gasteiger partial charge >= 0.3 is 17.9 Å². The van der Waals surface area contributed by atoms with Crippen LogP contribution in [0.4, 0.5) is 0 Å². The maximum absolute atomic E-state index is 12.8. The molecule has 1 atom stereocenters. The smallest absolute Gasteiger partial charge is 0.306 e. The van der Waals surface area contributed by atoms with Crippen molar-refractivity contribution in [1.82, 2.24) is 0 Å². The molecule has 0 rings (SSSR count). The number of hydrogen-bond donors (Lipinski definition) is 0. The zero-order chi connectivity index (χ0) is 46.5. The normalized spacial score (nSPS) is 12.6. The second kappa shape index (κ2) is 52.5. The highest BCUT2D eigenvalue weighted by Gasteiger charge is 2.19. The topological polar surface area (TPSA) is 78.9 Å². The molecule has 368 valence electrons. The monoisotopic (exact) mass is 893 g/mol. The van der Waals surface area contributed by atoms with Gasteiger partial charge in [-0.05, 0) is 96.3 Å². The molecule has 0 fully saturated rings. The second-order valence-corrected chi connectivity index (χ2v) is 17.8. The van der Waals surface area contributed by atoms with Crippen molar-refractivity contribution in [1.29, 1.82) is 0 Å². The second-order valence-electron chi connectivity index (χ2n) is 17.8. The Morgan fingerprint density at radius 2 is 0.562 bits per heavy atom. The van der Waals surface area contributed by atoms with Gasteiger partial charge < -0.3 is 14.2 Å². The Hall–Kier alpha value is -3.15. The number of hydrogen-bond acceptors (Lipinski definition) is 6. The van der Waals surface area contributed by atoms with Crippen LogP contribution in [0, 0.1) is 0 Å². The lowest BCUT2D eigenvalue weighted by Crippen LogP contribution is -2.30. The van der Waals surface area contributed by atoms with Crippen molar-refractivity contribution in [3.05, 3.63) is 72.9 Å². The van der Waals surface area contributed by atoms with Gasteiger partial charge in [0.2, 0.25) is 0 Å². The first-order valence-electron chi connectivity index (χ1n) is 26.9. The minimum atomic E-state index is -0.785. The molecule has 1 unspecified atom stereocenters. The van der Waals surface area contributed by atoms with Gasteiger partial charge in [-0.25, -0.2) is 0 Å². The highest BCUT2D eigenvalue weighted by Crippen LogP contribution is 2.14. The molecule has 0 aromatic heterocycles. The summed E-state index contributed by atoms with van der Waals surface area (Å²) in [5.41, 5.74) is 0. The summed E-state index contributed by atoms with van der Waals surface area (Å²) in [6, 6.07) is 0. The molecule has 0 aromatic carbocycles. The molecule has 0 heterocycles. The number of carbonyl (C=O) groups is 3. The summed E-state index contributed by atoms with van der Waals surface area (Å²) in [4.78, 5) is 37.9. The molecule has 0 aromatic rings. The lowest BCUT2D eigenvalue weighted by atomic mass is 10.1. The summed E-state index contributed by atoms with van der Waals surface area (Å²) in [7, 11) is 0. The first kappa shape index (κ1) is 60.9. The summed E-state index contributed by atoms with van der Waals surface area (Å²) < 4.78 is 16.8. The molecule has 0 aliphatic rings. The predicted molar refractivity (Wildman–Crippen MR) is 274 cm³/mol. The van der Waals surface area contributed by atoms with E-state index >= 15 is 0 Å². The van der Waals surface area contributed by atoms with Crippen LogP contribution in [0.15, 0.2) is 72.9 Å². The van der Waals surface area contributed by atoms with Crippen LogP contribution in [0.25, 0.3) is 0 Å². The van der Waals surface area contributed by atoms with E-state index in [1.807, 2.05) is 0 Å². The molecule has 64 heavy (non-hydrogen) atoms. The molecule has 0 saturated heterocycles. The molecule has 0 aliphatic carbocycles. The van der Waals surface area contributed by atoms with Crippen molar-refractivity contribution < 1.29 is 28.6 Å². The third kappa shape index (κ3) is 49.9. The molecule has 0 radical (unpaired) electrons. The quantitative estimate of drug-likeness (QED) is 0.0262. The van der Waals surface area contributed by atoms with Crippen molar-refractivity contribution in [2.45, 2.75) is 264 Å². The Morgan fingerprint density at radius 3 is 0.906 bits per heavy atom. The van der Waals surface area contributed by atoms with Gasteiger partial charge in [-0.3, -0.25) is 14.4 Å². The zero-order valence-corrected chi connectivity index (χ0v) is 42.0. The van der Waals surface area contributed by atoms with Gasteiger partial charge in [0.1, 0.15) is 13.2 Å². The van der Waals surface area contributed by atoms with E-state index < -0.39 is 6.10 Å². The molecule has 0 aliphatic heterocycles. The van der Waals surface area contributed by atoms with Crippen LogP contribution in [0.1, 0.15) is 258 Å². The van der Waals surface area contributed by atoms with E-state index in [0.29, 0.717) is 19.3 Å². The van der Waals surface area contributed by atoms with Crippen LogP contribution in [0.2, 0.25) is 0 Å². The van der Waals surface area contributed by atoms with E-state index in [1.54, 1.807) is 0 Å². The van der Waals surface area contributed by atoms with Gasteiger partial charge in [-0.15, -0.1) is 0 Å². The number of allylic oxidation sites excluding steroid dienone is 12. The fourth-order valence-corrected chi connectivity index (χ4v) is 7.34. The minimum absolute atomic E-state index is 0.0844. The molecular weight excluding hydrogens is 793 g/mol. The lowest BCUT2D eigenvalue weighted by molar-refractivity contribution is -0.167. The van der Waals surface area contributed by atoms with Crippen molar-refractivity contribution in [2.75, 3.05) is 13.2 Å². The SMILES string of the molecule is CCCCC/C=C\C/C=C\C/C=C\CCCCCCCCC(=O)OCC(COC(=O)CCCCCCCCCC)OC(=O)CCCCCCCC/C=C\C/C=C\C/C=C\CCCCC. The highest BCUT2D eigenvalue weighted by molar-refractivity contribution is 5.71. The van der Waals surface area contributed by atoms with Crippen molar-refractivity contribution in [3.8, 4) is 0 Å². The molecule has 0 saturated carbocycles. The number of unbranched alkanes of at least 4 members (excludes halogenated alkanes) is 25. The van der Waals surface area contributed by atoms with Crippen LogP contribution in [-0.4, -0.2) is 37.2 Å². The van der Waals surface area contributed by atoms with Gasteiger partial charge in [-0.2, -0.15) is 0 Å². The molecule has 0 N–H and O–H groups in total. The van der Waals surface area contributed by atoms with E-state index in [-0.39, 0.29) is 31.1 Å². The van der Waals surface area contributed by atoms with E-state index in [4.69, 9.17) is 14.2 Å². The number of carbonyl (C=O) groups excluding carboxylic acids is 3. The largest absolute Gasteiger partial charge is 0.462 e. The van der Waals surface area contributed by atoms with Crippen LogP contribution < -0.4 is 0 Å². The fraction of sp³-hybridized carbons (Fsp3) is 0.741. The zero-order valence-electron chi connectivity index (χ0n) is 42.0. The summed E-state index contributed by atoms with van der Waals surface area (Å²) >= 11 is 0. The highest BCUT2D eigenvalue weighted by atomic mass is 16.6. The maximum atomic E-state index is 12.8. The maximum Gasteiger partial charge on any atom is 0.306 e. The molecule has 0 amide bonds. The average molecular weight is 893 g/mol. The third-order valence-corrected chi connectivity index (χ3v) is 11.4. The van der Waals surface area contributed by atoms with E-state index in [0.717, 1.165) is 103 Å². The van der Waals surface area contributed by atoms with Gasteiger partial charge in [0.05, 0.1) is 0 Å². The van der Waals surface area contributed by atoms with Crippen molar-refractivity contribution in [2.24, 2.45) is 0 Å². The molecule has 0 bridgehead atoms. The van der Waals surface area contributed by atoms with Crippen molar-refractivity contribution >= 4 is 17.9 Å². The van der Waals surface area contributed by atoms with Crippen LogP contribution in [0.5, 0.6) is 0 Å². The van der Waals surface area contributed by atoms with E-state index in [9.17, 15) is 14.4 Å².